The molecule has 0 radical (unpaired) electrons. The van der Waals surface area contributed by atoms with E-state index in [1.165, 1.54) is 0 Å². The molecular weight excluding hydrogens is 483 g/mol. The van der Waals surface area contributed by atoms with Gasteiger partial charge in [0.15, 0.2) is 0 Å². The highest BCUT2D eigenvalue weighted by molar-refractivity contribution is 7.91. The van der Waals surface area contributed by atoms with Crippen LogP contribution in [0.3, 0.4) is 0 Å². The molecule has 0 amide bonds. The van der Waals surface area contributed by atoms with Gasteiger partial charge in [-0.15, -0.1) is 0 Å². The van der Waals surface area contributed by atoms with E-state index in [-0.39, 0.29) is 5.56 Å². The lowest BCUT2D eigenvalue weighted by Gasteiger charge is -2.27. The maximum Gasteiger partial charge on any atom is 0.416 e. The fourth-order valence-electron chi connectivity index (χ4n) is 3.52. The second kappa shape index (κ2) is 10.1. The zero-order chi connectivity index (χ0) is 25.1. The number of aryl methyl sites for hydroxylation is 1. The maximum atomic E-state index is 12.7. The minimum Gasteiger partial charge on any atom is -0.378 e. The third kappa shape index (κ3) is 6.83. The molecule has 0 unspecified atom stereocenters. The number of nitrogens with zero attached hydrogens (tertiary/aromatic N) is 3. The molecule has 35 heavy (non-hydrogen) atoms. The summed E-state index contributed by atoms with van der Waals surface area (Å²) < 4.78 is 70.8. The van der Waals surface area contributed by atoms with E-state index in [4.69, 9.17) is 4.74 Å². The van der Waals surface area contributed by atoms with Crippen LogP contribution in [0.4, 0.5) is 36.3 Å². The maximum absolute atomic E-state index is 12.7. The van der Waals surface area contributed by atoms with Gasteiger partial charge in [-0.1, -0.05) is 12.1 Å². The van der Waals surface area contributed by atoms with E-state index >= 15 is 0 Å². The fraction of sp³-hybridized carbons (Fsp3) is 0.304. The largest absolute Gasteiger partial charge is 0.416 e. The second-order valence-electron chi connectivity index (χ2n) is 8.05. The topological polar surface area (TPSA) is 96.5 Å². The molecule has 0 bridgehead atoms. The lowest BCUT2D eigenvalue weighted by Crippen LogP contribution is -2.37. The van der Waals surface area contributed by atoms with Crippen LogP contribution in [0.1, 0.15) is 16.8 Å². The van der Waals surface area contributed by atoms with E-state index in [1.54, 1.807) is 24.3 Å². The van der Waals surface area contributed by atoms with Gasteiger partial charge in [-0.05, 0) is 48.9 Å². The van der Waals surface area contributed by atoms with Crippen molar-refractivity contribution in [1.29, 1.82) is 0 Å². The molecule has 12 heteroatoms. The van der Waals surface area contributed by atoms with Crippen molar-refractivity contribution in [1.82, 2.24) is 9.97 Å². The van der Waals surface area contributed by atoms with Crippen LogP contribution in [0.15, 0.2) is 54.6 Å². The number of halogens is 3. The first-order valence-corrected chi connectivity index (χ1v) is 12.4. The van der Waals surface area contributed by atoms with Crippen molar-refractivity contribution in [2.75, 3.05) is 41.2 Å². The van der Waals surface area contributed by atoms with Crippen molar-refractivity contribution < 1.29 is 26.3 Å². The first-order valence-electron chi connectivity index (χ1n) is 10.8. The van der Waals surface area contributed by atoms with Gasteiger partial charge >= 0.3 is 6.18 Å². The molecule has 8 nitrogen and oxygen atoms in total. The molecule has 1 saturated heterocycles. The van der Waals surface area contributed by atoms with Gasteiger partial charge in [-0.3, -0.25) is 4.72 Å². The van der Waals surface area contributed by atoms with E-state index < -0.39 is 27.5 Å². The Hall–Kier alpha value is -3.38. The first-order chi connectivity index (χ1) is 16.6. The van der Waals surface area contributed by atoms with Crippen LogP contribution < -0.4 is 14.9 Å². The van der Waals surface area contributed by atoms with Crippen LogP contribution in [0.25, 0.3) is 0 Å². The smallest absolute Gasteiger partial charge is 0.378 e. The van der Waals surface area contributed by atoms with Crippen molar-refractivity contribution in [3.63, 3.8) is 0 Å². The van der Waals surface area contributed by atoms with Gasteiger partial charge in [-0.2, -0.15) is 18.2 Å². The highest BCUT2D eigenvalue weighted by Crippen LogP contribution is 2.29. The number of sulfonamides is 1. The summed E-state index contributed by atoms with van der Waals surface area (Å²) in [5, 5.41) is 3.19. The van der Waals surface area contributed by atoms with Crippen molar-refractivity contribution in [2.24, 2.45) is 0 Å². The quantitative estimate of drug-likeness (QED) is 0.492. The summed E-state index contributed by atoms with van der Waals surface area (Å²) in [6, 6.07) is 12.4. The van der Waals surface area contributed by atoms with Crippen molar-refractivity contribution in [3.8, 4) is 0 Å². The fourth-order valence-corrected chi connectivity index (χ4v) is 4.71. The number of hydrogen-bond acceptors (Lipinski definition) is 7. The number of morpholine rings is 1. The Morgan fingerprint density at radius 1 is 0.971 bits per heavy atom. The molecule has 4 rings (SSSR count). The van der Waals surface area contributed by atoms with Crippen LogP contribution in [0.5, 0.6) is 0 Å². The molecule has 0 saturated carbocycles. The minimum absolute atomic E-state index is 0.249. The van der Waals surface area contributed by atoms with Gasteiger partial charge in [-0.25, -0.2) is 13.4 Å². The van der Waals surface area contributed by atoms with Gasteiger partial charge in [0.25, 0.3) is 0 Å². The lowest BCUT2D eigenvalue weighted by molar-refractivity contribution is -0.137. The molecule has 0 atom stereocenters. The highest BCUT2D eigenvalue weighted by Gasteiger charge is 2.30. The number of benzene rings is 2. The molecule has 0 aliphatic carbocycles. The van der Waals surface area contributed by atoms with Gasteiger partial charge in [0.05, 0.1) is 24.5 Å². The highest BCUT2D eigenvalue weighted by atomic mass is 32.2. The average Bonchev–Trinajstić information content (AvgIpc) is 2.80. The Balaban J connectivity index is 1.39. The zero-order valence-corrected chi connectivity index (χ0v) is 19.7. The molecular formula is C23H24F3N5O3S. The first kappa shape index (κ1) is 24.7. The molecule has 3 aromatic rings. The number of anilines is 4. The number of rotatable bonds is 7. The van der Waals surface area contributed by atoms with Crippen molar-refractivity contribution in [2.45, 2.75) is 18.9 Å². The molecule has 1 aliphatic rings. The number of hydrogen-bond donors (Lipinski definition) is 2. The summed E-state index contributed by atoms with van der Waals surface area (Å²) in [6.45, 7) is 4.55. The summed E-state index contributed by atoms with van der Waals surface area (Å²) >= 11 is 0. The number of alkyl halides is 3. The number of aromatic nitrogens is 2. The SMILES string of the molecule is Cc1cc(Nc2ccc(NS(=O)(=O)Cc3ccc(C(F)(F)F)cc3)cc2)nc(N2CCOCC2)n1. The van der Waals surface area contributed by atoms with Crippen molar-refractivity contribution in [3.05, 3.63) is 71.4 Å². The molecule has 0 spiro atoms. The van der Waals surface area contributed by atoms with Gasteiger partial charge < -0.3 is 15.0 Å². The number of ether oxygens (including phenoxy) is 1. The summed E-state index contributed by atoms with van der Waals surface area (Å²) in [7, 11) is -3.82. The average molecular weight is 508 g/mol. The molecule has 1 aromatic heterocycles. The second-order valence-corrected chi connectivity index (χ2v) is 9.77. The Morgan fingerprint density at radius 2 is 1.60 bits per heavy atom. The van der Waals surface area contributed by atoms with Crippen LogP contribution in [-0.4, -0.2) is 44.7 Å². The summed E-state index contributed by atoms with van der Waals surface area (Å²) in [5.41, 5.74) is 1.25. The van der Waals surface area contributed by atoms with Crippen LogP contribution >= 0.6 is 0 Å². The van der Waals surface area contributed by atoms with E-state index in [1.807, 2.05) is 13.0 Å². The predicted molar refractivity (Wildman–Crippen MR) is 127 cm³/mol. The van der Waals surface area contributed by atoms with E-state index in [0.717, 1.165) is 30.0 Å². The Bertz CT molecular complexity index is 1260. The Labute approximate surface area is 201 Å². The zero-order valence-electron chi connectivity index (χ0n) is 18.8. The van der Waals surface area contributed by atoms with Gasteiger partial charge in [0.1, 0.15) is 5.82 Å². The lowest BCUT2D eigenvalue weighted by atomic mass is 10.1. The molecule has 1 aliphatic heterocycles. The van der Waals surface area contributed by atoms with E-state index in [2.05, 4.69) is 24.9 Å². The molecule has 186 valence electrons. The Morgan fingerprint density at radius 3 is 2.23 bits per heavy atom. The van der Waals surface area contributed by atoms with E-state index in [9.17, 15) is 21.6 Å². The molecule has 2 N–H and O–H groups in total. The van der Waals surface area contributed by atoms with Gasteiger partial charge in [0.2, 0.25) is 16.0 Å². The third-order valence-corrected chi connectivity index (χ3v) is 6.47. The predicted octanol–water partition coefficient (Wildman–Crippen LogP) is 4.33. The molecule has 1 fully saturated rings. The summed E-state index contributed by atoms with van der Waals surface area (Å²) in [6.07, 6.45) is -4.47. The summed E-state index contributed by atoms with van der Waals surface area (Å²) in [5.74, 6) is 0.772. The molecule has 2 aromatic carbocycles. The van der Waals surface area contributed by atoms with Crippen molar-refractivity contribution >= 4 is 33.2 Å². The Kier molecular flexibility index (Phi) is 7.13. The van der Waals surface area contributed by atoms with E-state index in [0.29, 0.717) is 49.4 Å². The third-order valence-electron chi connectivity index (χ3n) is 5.20. The standard InChI is InChI=1S/C23H24F3N5O3S/c1-16-14-21(29-22(27-16)31-10-12-34-13-11-31)28-19-6-8-20(9-7-19)30-35(32,33)15-17-2-4-18(5-3-17)23(24,25)26/h2-9,14,30H,10-13,15H2,1H3,(H,27,28,29). The molecule has 2 heterocycles. The monoisotopic (exact) mass is 507 g/mol. The number of nitrogens with one attached hydrogen (secondary N) is 2. The summed E-state index contributed by atoms with van der Waals surface area (Å²) in [4.78, 5) is 11.1. The van der Waals surface area contributed by atoms with Crippen LogP contribution in [0.2, 0.25) is 0 Å². The van der Waals surface area contributed by atoms with Crippen LogP contribution in [-0.2, 0) is 26.7 Å². The van der Waals surface area contributed by atoms with Gasteiger partial charge in [0, 0.05) is 36.2 Å². The normalized spacial score (nSPS) is 14.6. The van der Waals surface area contributed by atoms with Crippen LogP contribution in [0, 0.1) is 6.92 Å². The minimum atomic E-state index is -4.47.